The highest BCUT2D eigenvalue weighted by Gasteiger charge is 2.42. The molecule has 2 aromatic rings. The molecule has 160 valence electrons. The van der Waals surface area contributed by atoms with Crippen LogP contribution in [0.1, 0.15) is 30.9 Å². The number of β-amino-alcohol motifs (C(OH)–C–C–N with tert-alkyl or cyclic N) is 1. The summed E-state index contributed by atoms with van der Waals surface area (Å²) in [5.74, 6) is 0.392. The number of piperidine rings is 1. The fourth-order valence-corrected chi connectivity index (χ4v) is 4.50. The van der Waals surface area contributed by atoms with E-state index in [2.05, 4.69) is 16.3 Å². The smallest absolute Gasteiger partial charge is 0.221 e. The Morgan fingerprint density at radius 1 is 1.30 bits per heavy atom. The molecule has 0 saturated carbocycles. The number of fused-ring (bicyclic) bond motifs is 2. The number of nitrogens with zero attached hydrogens (tertiary/aromatic N) is 1. The number of aliphatic hydroxyl groups excluding tert-OH is 1. The summed E-state index contributed by atoms with van der Waals surface area (Å²) in [7, 11) is 0. The number of carbonyl (C=O) groups is 1. The summed E-state index contributed by atoms with van der Waals surface area (Å²) < 4.78 is 12.0. The van der Waals surface area contributed by atoms with Crippen LogP contribution in [0.2, 0.25) is 5.02 Å². The van der Waals surface area contributed by atoms with E-state index in [4.69, 9.17) is 21.1 Å². The van der Waals surface area contributed by atoms with Crippen molar-refractivity contribution in [3.05, 3.63) is 58.6 Å². The lowest BCUT2D eigenvalue weighted by Crippen LogP contribution is -2.46. The Morgan fingerprint density at radius 3 is 2.83 bits per heavy atom. The molecule has 2 heterocycles. The number of carbonyl (C=O) groups excluding carboxylic acids is 1. The number of ether oxygens (including phenoxy) is 2. The largest absolute Gasteiger partial charge is 0.489 e. The fraction of sp³-hybridized carbons (Fsp3) is 0.435. The van der Waals surface area contributed by atoms with Gasteiger partial charge in [-0.3, -0.25) is 4.79 Å². The van der Waals surface area contributed by atoms with Crippen molar-refractivity contribution in [2.75, 3.05) is 31.6 Å². The van der Waals surface area contributed by atoms with Crippen molar-refractivity contribution in [2.24, 2.45) is 0 Å². The van der Waals surface area contributed by atoms with E-state index in [1.807, 2.05) is 24.3 Å². The zero-order valence-electron chi connectivity index (χ0n) is 17.1. The molecule has 7 heteroatoms. The number of aliphatic hydroxyl groups is 1. The number of para-hydroxylation sites is 2. The van der Waals surface area contributed by atoms with E-state index in [0.29, 0.717) is 24.6 Å². The van der Waals surface area contributed by atoms with Crippen LogP contribution in [0.15, 0.2) is 42.5 Å². The van der Waals surface area contributed by atoms with E-state index >= 15 is 0 Å². The van der Waals surface area contributed by atoms with Crippen LogP contribution in [0.4, 0.5) is 5.69 Å². The summed E-state index contributed by atoms with van der Waals surface area (Å²) in [4.78, 5) is 13.6. The van der Waals surface area contributed by atoms with E-state index < -0.39 is 6.10 Å². The van der Waals surface area contributed by atoms with Crippen LogP contribution in [-0.2, 0) is 21.7 Å². The van der Waals surface area contributed by atoms with Gasteiger partial charge in [0.25, 0.3) is 0 Å². The lowest BCUT2D eigenvalue weighted by molar-refractivity contribution is -0.114. The third-order valence-corrected chi connectivity index (χ3v) is 6.06. The molecule has 2 aliphatic rings. The molecule has 1 atom stereocenters. The monoisotopic (exact) mass is 430 g/mol. The minimum Gasteiger partial charge on any atom is -0.489 e. The Bertz CT molecular complexity index is 912. The topological polar surface area (TPSA) is 71.0 Å². The van der Waals surface area contributed by atoms with E-state index in [1.54, 1.807) is 12.1 Å². The second kappa shape index (κ2) is 8.94. The van der Waals surface area contributed by atoms with Crippen LogP contribution in [0.5, 0.6) is 5.75 Å². The van der Waals surface area contributed by atoms with Gasteiger partial charge in [-0.25, -0.2) is 0 Å². The highest BCUT2D eigenvalue weighted by atomic mass is 35.5. The molecule has 1 amide bonds. The maximum Gasteiger partial charge on any atom is 0.221 e. The van der Waals surface area contributed by atoms with Gasteiger partial charge in [-0.1, -0.05) is 29.8 Å². The summed E-state index contributed by atoms with van der Waals surface area (Å²) in [6.45, 7) is 4.46. The summed E-state index contributed by atoms with van der Waals surface area (Å²) in [5.41, 5.74) is 2.79. The van der Waals surface area contributed by atoms with Gasteiger partial charge in [-0.2, -0.15) is 0 Å². The number of amides is 1. The van der Waals surface area contributed by atoms with Crippen molar-refractivity contribution in [1.82, 2.24) is 4.90 Å². The van der Waals surface area contributed by atoms with Gasteiger partial charge in [0, 0.05) is 31.6 Å². The number of nitrogens with one attached hydrogen (secondary N) is 1. The number of likely N-dealkylation sites (tertiary alicyclic amines) is 1. The van der Waals surface area contributed by atoms with Crippen LogP contribution in [0.25, 0.3) is 0 Å². The molecule has 0 aromatic heterocycles. The van der Waals surface area contributed by atoms with Crippen molar-refractivity contribution in [3.8, 4) is 5.75 Å². The van der Waals surface area contributed by atoms with Crippen molar-refractivity contribution < 1.29 is 19.4 Å². The molecule has 0 bridgehead atoms. The van der Waals surface area contributed by atoms with Gasteiger partial charge in [-0.05, 0) is 48.2 Å². The van der Waals surface area contributed by atoms with Crippen LogP contribution >= 0.6 is 11.6 Å². The minimum absolute atomic E-state index is 0.160. The third-order valence-electron chi connectivity index (χ3n) is 5.83. The Morgan fingerprint density at radius 2 is 2.07 bits per heavy atom. The molecule has 2 N–H and O–H groups in total. The molecule has 2 aliphatic heterocycles. The molecule has 0 radical (unpaired) electrons. The lowest BCUT2D eigenvalue weighted by atomic mass is 9.84. The van der Waals surface area contributed by atoms with Gasteiger partial charge in [0.15, 0.2) is 0 Å². The SMILES string of the molecule is CC(=O)Nc1ccccc1OC[C@H](O)CN1CCC2(CC1)OCc1ccc(Cl)cc12. The summed E-state index contributed by atoms with van der Waals surface area (Å²) in [6.07, 6.45) is 1.12. The van der Waals surface area contributed by atoms with Crippen LogP contribution < -0.4 is 10.1 Å². The first-order chi connectivity index (χ1) is 14.4. The zero-order valence-corrected chi connectivity index (χ0v) is 17.8. The highest BCUT2D eigenvalue weighted by Crippen LogP contribution is 2.44. The number of anilines is 1. The quantitative estimate of drug-likeness (QED) is 0.733. The fourth-order valence-electron chi connectivity index (χ4n) is 4.32. The van der Waals surface area contributed by atoms with Gasteiger partial charge in [0.2, 0.25) is 5.91 Å². The van der Waals surface area contributed by atoms with Crippen molar-refractivity contribution >= 4 is 23.2 Å². The standard InChI is InChI=1S/C23H27ClN2O4/c1-16(27)25-21-4-2-3-5-22(21)29-15-19(28)13-26-10-8-23(9-11-26)20-12-18(24)7-6-17(20)14-30-23/h2-7,12,19,28H,8-11,13-15H2,1H3,(H,25,27)/t19-/m1/s1. The van der Waals surface area contributed by atoms with E-state index in [-0.39, 0.29) is 18.1 Å². The molecular formula is C23H27ClN2O4. The van der Waals surface area contributed by atoms with Crippen LogP contribution in [-0.4, -0.2) is 48.3 Å². The number of benzene rings is 2. The molecule has 1 spiro atoms. The molecule has 6 nitrogen and oxygen atoms in total. The first-order valence-electron chi connectivity index (χ1n) is 10.3. The van der Waals surface area contributed by atoms with E-state index in [1.165, 1.54) is 18.1 Å². The Labute approximate surface area is 181 Å². The second-order valence-corrected chi connectivity index (χ2v) is 8.46. The summed E-state index contributed by atoms with van der Waals surface area (Å²) in [6, 6.07) is 13.2. The maximum atomic E-state index is 11.3. The Hall–Kier alpha value is -2.12. The number of rotatable bonds is 6. The first kappa shape index (κ1) is 21.1. The molecule has 1 saturated heterocycles. The number of hydrogen-bond acceptors (Lipinski definition) is 5. The van der Waals surface area contributed by atoms with Gasteiger partial charge in [-0.15, -0.1) is 0 Å². The van der Waals surface area contributed by atoms with Crippen molar-refractivity contribution in [3.63, 3.8) is 0 Å². The van der Waals surface area contributed by atoms with Crippen LogP contribution in [0, 0.1) is 0 Å². The van der Waals surface area contributed by atoms with Gasteiger partial charge in [0.1, 0.15) is 18.5 Å². The highest BCUT2D eigenvalue weighted by molar-refractivity contribution is 6.30. The van der Waals surface area contributed by atoms with Crippen LogP contribution in [0.3, 0.4) is 0 Å². The second-order valence-electron chi connectivity index (χ2n) is 8.03. The predicted molar refractivity (Wildman–Crippen MR) is 116 cm³/mol. The zero-order chi connectivity index (χ0) is 21.1. The summed E-state index contributed by atoms with van der Waals surface area (Å²) >= 11 is 6.21. The van der Waals surface area contributed by atoms with Crippen molar-refractivity contribution in [2.45, 2.75) is 38.1 Å². The summed E-state index contributed by atoms with van der Waals surface area (Å²) in [5, 5.41) is 14.0. The van der Waals surface area contributed by atoms with Gasteiger partial charge in [0.05, 0.1) is 17.9 Å². The predicted octanol–water partition coefficient (Wildman–Crippen LogP) is 3.56. The van der Waals surface area contributed by atoms with E-state index in [0.717, 1.165) is 31.0 Å². The maximum absolute atomic E-state index is 11.3. The first-order valence-corrected chi connectivity index (χ1v) is 10.7. The Kier molecular flexibility index (Phi) is 6.29. The third kappa shape index (κ3) is 4.62. The molecular weight excluding hydrogens is 404 g/mol. The Balaban J connectivity index is 1.29. The molecule has 30 heavy (non-hydrogen) atoms. The normalized spacial score (nSPS) is 18.8. The molecule has 4 rings (SSSR count). The molecule has 0 aliphatic carbocycles. The van der Waals surface area contributed by atoms with Gasteiger partial charge < -0.3 is 24.8 Å². The minimum atomic E-state index is -0.629. The molecule has 1 fully saturated rings. The number of hydrogen-bond donors (Lipinski definition) is 2. The van der Waals surface area contributed by atoms with Gasteiger partial charge >= 0.3 is 0 Å². The average molecular weight is 431 g/mol. The average Bonchev–Trinajstić information content (AvgIpc) is 3.06. The van der Waals surface area contributed by atoms with Crippen molar-refractivity contribution in [1.29, 1.82) is 0 Å². The lowest BCUT2D eigenvalue weighted by Gasteiger charge is -2.39. The molecule has 2 aromatic carbocycles. The molecule has 0 unspecified atom stereocenters. The number of halogens is 1. The van der Waals surface area contributed by atoms with E-state index in [9.17, 15) is 9.90 Å².